The Labute approximate surface area is 112 Å². The number of aliphatic hydroxyl groups is 1. The number of hydrogen-bond acceptors (Lipinski definition) is 4. The van der Waals surface area contributed by atoms with E-state index in [1.165, 1.54) is 25.3 Å². The fourth-order valence-corrected chi connectivity index (χ4v) is 2.52. The molecule has 0 saturated heterocycles. The van der Waals surface area contributed by atoms with Gasteiger partial charge in [0, 0.05) is 19.2 Å². The molecule has 0 radical (unpaired) electrons. The van der Waals surface area contributed by atoms with Crippen LogP contribution in [0.3, 0.4) is 0 Å². The Morgan fingerprint density at radius 3 is 2.74 bits per heavy atom. The van der Waals surface area contributed by atoms with Crippen LogP contribution in [0.5, 0.6) is 0 Å². The van der Waals surface area contributed by atoms with Gasteiger partial charge in [0.1, 0.15) is 5.76 Å². The first-order valence-corrected chi connectivity index (χ1v) is 6.83. The summed E-state index contributed by atoms with van der Waals surface area (Å²) < 4.78 is 5.38. The van der Waals surface area contributed by atoms with Crippen LogP contribution in [0.15, 0.2) is 16.5 Å². The van der Waals surface area contributed by atoms with Gasteiger partial charge in [-0.05, 0) is 38.3 Å². The second-order valence-corrected chi connectivity index (χ2v) is 5.08. The van der Waals surface area contributed by atoms with Crippen LogP contribution in [-0.4, -0.2) is 40.3 Å². The molecule has 1 atom stereocenters. The average Bonchev–Trinajstić information content (AvgIpc) is 2.80. The third-order valence-electron chi connectivity index (χ3n) is 3.86. The Balaban J connectivity index is 2.07. The van der Waals surface area contributed by atoms with Crippen molar-refractivity contribution in [1.82, 2.24) is 4.90 Å². The van der Waals surface area contributed by atoms with Crippen LogP contribution in [0.25, 0.3) is 0 Å². The Morgan fingerprint density at radius 2 is 2.26 bits per heavy atom. The minimum absolute atomic E-state index is 0.0161. The molecule has 1 fully saturated rings. The lowest BCUT2D eigenvalue weighted by atomic mass is 9.90. The molecule has 1 aliphatic carbocycles. The number of carboxylic acid groups (broad SMARTS) is 1. The van der Waals surface area contributed by atoms with Crippen molar-refractivity contribution in [3.63, 3.8) is 0 Å². The van der Waals surface area contributed by atoms with Gasteiger partial charge in [-0.25, -0.2) is 4.79 Å². The normalized spacial score (nSPS) is 17.4. The Kier molecular flexibility index (Phi) is 4.61. The van der Waals surface area contributed by atoms with Gasteiger partial charge in [-0.1, -0.05) is 6.42 Å². The first-order valence-electron chi connectivity index (χ1n) is 6.83. The van der Waals surface area contributed by atoms with Crippen molar-refractivity contribution in [1.29, 1.82) is 0 Å². The maximum Gasteiger partial charge on any atom is 0.371 e. The lowest BCUT2D eigenvalue weighted by Gasteiger charge is -2.40. The third-order valence-corrected chi connectivity index (χ3v) is 3.86. The number of carboxylic acids is 1. The first-order chi connectivity index (χ1) is 9.13. The van der Waals surface area contributed by atoms with Crippen LogP contribution in [-0.2, 0) is 0 Å². The molecular weight excluding hydrogens is 246 g/mol. The molecule has 1 aliphatic rings. The van der Waals surface area contributed by atoms with Gasteiger partial charge < -0.3 is 14.6 Å². The lowest BCUT2D eigenvalue weighted by Crippen LogP contribution is -2.42. The summed E-state index contributed by atoms with van der Waals surface area (Å²) in [5.74, 6) is -0.371. The number of carbonyl (C=O) groups is 1. The van der Waals surface area contributed by atoms with Crippen LogP contribution in [0.1, 0.15) is 55.0 Å². The van der Waals surface area contributed by atoms with E-state index in [0.717, 1.165) is 13.0 Å². The summed E-state index contributed by atoms with van der Waals surface area (Å²) >= 11 is 0. The van der Waals surface area contributed by atoms with E-state index < -0.39 is 5.97 Å². The number of aliphatic hydroxyl groups excluding tert-OH is 1. The van der Waals surface area contributed by atoms with Crippen molar-refractivity contribution >= 4 is 5.97 Å². The fourth-order valence-electron chi connectivity index (χ4n) is 2.52. The molecule has 0 aliphatic heterocycles. The largest absolute Gasteiger partial charge is 0.475 e. The summed E-state index contributed by atoms with van der Waals surface area (Å²) in [7, 11) is 0. The number of furan rings is 1. The summed E-state index contributed by atoms with van der Waals surface area (Å²) in [6, 6.07) is 3.81. The van der Waals surface area contributed by atoms with E-state index in [9.17, 15) is 4.79 Å². The number of hydrogen-bond donors (Lipinski definition) is 2. The van der Waals surface area contributed by atoms with Crippen LogP contribution < -0.4 is 0 Å². The highest BCUT2D eigenvalue weighted by Gasteiger charge is 2.30. The highest BCUT2D eigenvalue weighted by atomic mass is 16.4. The van der Waals surface area contributed by atoms with Crippen molar-refractivity contribution in [2.24, 2.45) is 0 Å². The highest BCUT2D eigenvalue weighted by Crippen LogP contribution is 2.32. The van der Waals surface area contributed by atoms with Gasteiger partial charge in [-0.3, -0.25) is 4.90 Å². The molecule has 0 amide bonds. The minimum atomic E-state index is -1.04. The quantitative estimate of drug-likeness (QED) is 0.792. The molecule has 1 aromatic rings. The van der Waals surface area contributed by atoms with Gasteiger partial charge in [0.25, 0.3) is 0 Å². The van der Waals surface area contributed by atoms with Gasteiger partial charge in [0.15, 0.2) is 0 Å². The Morgan fingerprint density at radius 1 is 1.53 bits per heavy atom. The molecule has 19 heavy (non-hydrogen) atoms. The predicted octanol–water partition coefficient (Wildman–Crippen LogP) is 2.28. The third kappa shape index (κ3) is 3.16. The van der Waals surface area contributed by atoms with Gasteiger partial charge in [0.05, 0.1) is 6.04 Å². The molecule has 1 aromatic heterocycles. The molecule has 0 bridgehead atoms. The van der Waals surface area contributed by atoms with Gasteiger partial charge in [-0.2, -0.15) is 0 Å². The molecule has 1 heterocycles. The summed E-state index contributed by atoms with van der Waals surface area (Å²) in [4.78, 5) is 13.1. The highest BCUT2D eigenvalue weighted by molar-refractivity contribution is 5.84. The second-order valence-electron chi connectivity index (χ2n) is 5.08. The van der Waals surface area contributed by atoms with Gasteiger partial charge in [0.2, 0.25) is 5.76 Å². The maximum atomic E-state index is 10.8. The average molecular weight is 267 g/mol. The molecule has 0 aromatic carbocycles. The van der Waals surface area contributed by atoms with E-state index in [2.05, 4.69) is 4.90 Å². The number of aromatic carboxylic acids is 1. The molecular formula is C14H21NO4. The lowest BCUT2D eigenvalue weighted by molar-refractivity contribution is 0.0609. The van der Waals surface area contributed by atoms with Crippen molar-refractivity contribution in [3.05, 3.63) is 23.7 Å². The van der Waals surface area contributed by atoms with Crippen molar-refractivity contribution in [2.45, 2.75) is 44.7 Å². The summed E-state index contributed by atoms with van der Waals surface area (Å²) in [6.07, 6.45) is 4.31. The van der Waals surface area contributed by atoms with Crippen LogP contribution in [0.4, 0.5) is 0 Å². The zero-order valence-electron chi connectivity index (χ0n) is 11.2. The molecule has 0 spiro atoms. The Hall–Kier alpha value is -1.33. The predicted molar refractivity (Wildman–Crippen MR) is 70.1 cm³/mol. The van der Waals surface area contributed by atoms with Gasteiger partial charge in [-0.15, -0.1) is 0 Å². The molecule has 1 saturated carbocycles. The SMILES string of the molecule is CC(c1ccc(C(=O)O)o1)N(CCCO)C1CCC1. The molecule has 2 N–H and O–H groups in total. The minimum Gasteiger partial charge on any atom is -0.475 e. The summed E-state index contributed by atoms with van der Waals surface area (Å²) in [5.41, 5.74) is 0. The van der Waals surface area contributed by atoms with Crippen LogP contribution in [0.2, 0.25) is 0 Å². The van der Waals surface area contributed by atoms with Crippen LogP contribution >= 0.6 is 0 Å². The van der Waals surface area contributed by atoms with E-state index in [-0.39, 0.29) is 18.4 Å². The standard InChI is InChI=1S/C14H21NO4/c1-10(12-6-7-13(19-12)14(17)18)15(8-3-9-16)11-4-2-5-11/h6-7,10-11,16H,2-5,8-9H2,1H3,(H,17,18). The topological polar surface area (TPSA) is 73.9 Å². The zero-order chi connectivity index (χ0) is 13.8. The second kappa shape index (κ2) is 6.21. The van der Waals surface area contributed by atoms with E-state index in [1.54, 1.807) is 6.07 Å². The summed E-state index contributed by atoms with van der Waals surface area (Å²) in [5, 5.41) is 17.9. The van der Waals surface area contributed by atoms with Crippen molar-refractivity contribution in [2.75, 3.05) is 13.2 Å². The van der Waals surface area contributed by atoms with E-state index in [1.807, 2.05) is 6.92 Å². The molecule has 5 nitrogen and oxygen atoms in total. The zero-order valence-corrected chi connectivity index (χ0v) is 11.2. The number of rotatable bonds is 7. The molecule has 2 rings (SSSR count). The molecule has 5 heteroatoms. The monoisotopic (exact) mass is 267 g/mol. The molecule has 106 valence electrons. The van der Waals surface area contributed by atoms with Gasteiger partial charge >= 0.3 is 5.97 Å². The van der Waals surface area contributed by atoms with E-state index in [0.29, 0.717) is 11.8 Å². The maximum absolute atomic E-state index is 10.8. The van der Waals surface area contributed by atoms with Crippen LogP contribution in [0, 0.1) is 0 Å². The van der Waals surface area contributed by atoms with E-state index in [4.69, 9.17) is 14.6 Å². The van der Waals surface area contributed by atoms with E-state index >= 15 is 0 Å². The van der Waals surface area contributed by atoms with Crippen molar-refractivity contribution < 1.29 is 19.4 Å². The first kappa shape index (κ1) is 14.1. The molecule has 1 unspecified atom stereocenters. The smallest absolute Gasteiger partial charge is 0.371 e. The Bertz CT molecular complexity index is 425. The fraction of sp³-hybridized carbons (Fsp3) is 0.643. The summed E-state index contributed by atoms with van der Waals surface area (Å²) in [6.45, 7) is 3.01. The number of nitrogens with zero attached hydrogens (tertiary/aromatic N) is 1. The van der Waals surface area contributed by atoms with Crippen molar-refractivity contribution in [3.8, 4) is 0 Å².